The topological polar surface area (TPSA) is 48.9 Å². The first-order valence-corrected chi connectivity index (χ1v) is 8.83. The SMILES string of the molecule is CCNC(=NCc1ccc(F)c(Cl)c1)NCCCN1CCOCC1. The number of guanidine groups is 1. The van der Waals surface area contributed by atoms with E-state index < -0.39 is 5.82 Å². The Labute approximate surface area is 148 Å². The predicted molar refractivity (Wildman–Crippen MR) is 96.1 cm³/mol. The molecule has 1 aromatic rings. The van der Waals surface area contributed by atoms with Crippen molar-refractivity contribution in [3.63, 3.8) is 0 Å². The molecule has 1 aromatic carbocycles. The smallest absolute Gasteiger partial charge is 0.191 e. The molecule has 2 rings (SSSR count). The molecule has 0 spiro atoms. The van der Waals surface area contributed by atoms with Crippen molar-refractivity contribution in [2.45, 2.75) is 19.9 Å². The molecule has 0 atom stereocenters. The largest absolute Gasteiger partial charge is 0.379 e. The molecule has 1 aliphatic heterocycles. The summed E-state index contributed by atoms with van der Waals surface area (Å²) in [6.07, 6.45) is 1.05. The van der Waals surface area contributed by atoms with Gasteiger partial charge in [-0.05, 0) is 37.6 Å². The molecule has 0 unspecified atom stereocenters. The van der Waals surface area contributed by atoms with Crippen LogP contribution in [0.25, 0.3) is 0 Å². The van der Waals surface area contributed by atoms with Gasteiger partial charge in [0.2, 0.25) is 0 Å². The van der Waals surface area contributed by atoms with E-state index in [1.54, 1.807) is 12.1 Å². The normalized spacial score (nSPS) is 16.2. The minimum atomic E-state index is -0.405. The van der Waals surface area contributed by atoms with Crippen LogP contribution in [0.3, 0.4) is 0 Å². The van der Waals surface area contributed by atoms with Gasteiger partial charge in [0, 0.05) is 26.2 Å². The molecule has 0 radical (unpaired) electrons. The van der Waals surface area contributed by atoms with Gasteiger partial charge in [0.1, 0.15) is 5.82 Å². The Kier molecular flexibility index (Phi) is 8.28. The van der Waals surface area contributed by atoms with Gasteiger partial charge in [-0.3, -0.25) is 4.90 Å². The summed E-state index contributed by atoms with van der Waals surface area (Å²) in [5.41, 5.74) is 0.881. The Hall–Kier alpha value is -1.37. The fraction of sp³-hybridized carbons (Fsp3) is 0.588. The second-order valence-electron chi connectivity index (χ2n) is 5.68. The predicted octanol–water partition coefficient (Wildman–Crippen LogP) is 2.26. The number of morpholine rings is 1. The van der Waals surface area contributed by atoms with E-state index in [0.717, 1.165) is 63.9 Å². The van der Waals surface area contributed by atoms with E-state index in [9.17, 15) is 4.39 Å². The second kappa shape index (κ2) is 10.5. The number of halogens is 2. The lowest BCUT2D eigenvalue weighted by Gasteiger charge is -2.26. The fourth-order valence-corrected chi connectivity index (χ4v) is 2.69. The number of rotatable bonds is 7. The van der Waals surface area contributed by atoms with Gasteiger partial charge in [0.25, 0.3) is 0 Å². The third-order valence-corrected chi connectivity index (χ3v) is 4.08. The van der Waals surface area contributed by atoms with Crippen LogP contribution in [0.15, 0.2) is 23.2 Å². The van der Waals surface area contributed by atoms with E-state index in [1.165, 1.54) is 6.07 Å². The average Bonchev–Trinajstić information content (AvgIpc) is 2.60. The third-order valence-electron chi connectivity index (χ3n) is 3.80. The molecule has 0 saturated carbocycles. The summed E-state index contributed by atoms with van der Waals surface area (Å²) in [5.74, 6) is 0.359. The van der Waals surface area contributed by atoms with E-state index >= 15 is 0 Å². The maximum atomic E-state index is 13.2. The standard InChI is InChI=1S/C17H26ClFN4O/c1-2-20-17(21-6-3-7-23-8-10-24-11-9-23)22-13-14-4-5-16(19)15(18)12-14/h4-5,12H,2-3,6-11,13H2,1H3,(H2,20,21,22). The molecule has 1 heterocycles. The summed E-state index contributed by atoms with van der Waals surface area (Å²) < 4.78 is 18.5. The fourth-order valence-electron chi connectivity index (χ4n) is 2.48. The lowest BCUT2D eigenvalue weighted by molar-refractivity contribution is 0.0376. The Bertz CT molecular complexity index is 535. The molecular formula is C17H26ClFN4O. The van der Waals surface area contributed by atoms with Gasteiger partial charge in [0.05, 0.1) is 24.8 Å². The number of aliphatic imine (C=N–C) groups is 1. The van der Waals surface area contributed by atoms with Gasteiger partial charge < -0.3 is 15.4 Å². The number of hydrogen-bond acceptors (Lipinski definition) is 3. The van der Waals surface area contributed by atoms with E-state index in [2.05, 4.69) is 20.5 Å². The third kappa shape index (κ3) is 6.63. The molecule has 0 bridgehead atoms. The van der Waals surface area contributed by atoms with Gasteiger partial charge in [-0.25, -0.2) is 9.38 Å². The van der Waals surface area contributed by atoms with Crippen molar-refractivity contribution in [3.8, 4) is 0 Å². The van der Waals surface area contributed by atoms with Crippen molar-refractivity contribution in [3.05, 3.63) is 34.6 Å². The molecule has 0 aromatic heterocycles. The minimum Gasteiger partial charge on any atom is -0.379 e. The maximum Gasteiger partial charge on any atom is 0.191 e. The van der Waals surface area contributed by atoms with Gasteiger partial charge in [0.15, 0.2) is 5.96 Å². The van der Waals surface area contributed by atoms with E-state index in [0.29, 0.717) is 6.54 Å². The molecule has 134 valence electrons. The maximum absolute atomic E-state index is 13.2. The van der Waals surface area contributed by atoms with Crippen LogP contribution < -0.4 is 10.6 Å². The van der Waals surface area contributed by atoms with Crippen molar-refractivity contribution in [2.75, 3.05) is 45.9 Å². The molecule has 24 heavy (non-hydrogen) atoms. The van der Waals surface area contributed by atoms with Crippen molar-refractivity contribution < 1.29 is 9.13 Å². The molecule has 1 fully saturated rings. The average molecular weight is 357 g/mol. The van der Waals surface area contributed by atoms with Crippen LogP contribution in [-0.2, 0) is 11.3 Å². The molecular weight excluding hydrogens is 331 g/mol. The number of benzene rings is 1. The molecule has 2 N–H and O–H groups in total. The molecule has 7 heteroatoms. The molecule has 0 amide bonds. The lowest BCUT2D eigenvalue weighted by Crippen LogP contribution is -2.40. The second-order valence-corrected chi connectivity index (χ2v) is 6.09. The van der Waals surface area contributed by atoms with E-state index in [1.807, 2.05) is 6.92 Å². The van der Waals surface area contributed by atoms with Crippen LogP contribution in [0.1, 0.15) is 18.9 Å². The first-order chi connectivity index (χ1) is 11.7. The van der Waals surface area contributed by atoms with Crippen LogP contribution >= 0.6 is 11.6 Å². The number of ether oxygens (including phenoxy) is 1. The summed E-state index contributed by atoms with van der Waals surface area (Å²) in [6.45, 7) is 8.88. The van der Waals surface area contributed by atoms with Crippen LogP contribution in [0, 0.1) is 5.82 Å². The van der Waals surface area contributed by atoms with Crippen molar-refractivity contribution in [1.29, 1.82) is 0 Å². The van der Waals surface area contributed by atoms with E-state index in [4.69, 9.17) is 16.3 Å². The molecule has 5 nitrogen and oxygen atoms in total. The van der Waals surface area contributed by atoms with Gasteiger partial charge >= 0.3 is 0 Å². The zero-order valence-corrected chi connectivity index (χ0v) is 14.9. The zero-order valence-electron chi connectivity index (χ0n) is 14.2. The summed E-state index contributed by atoms with van der Waals surface area (Å²) >= 11 is 5.80. The van der Waals surface area contributed by atoms with Crippen LogP contribution in [0.2, 0.25) is 5.02 Å². The van der Waals surface area contributed by atoms with Crippen LogP contribution in [0.5, 0.6) is 0 Å². The van der Waals surface area contributed by atoms with Crippen molar-refractivity contribution >= 4 is 17.6 Å². The molecule has 1 aliphatic rings. The first-order valence-electron chi connectivity index (χ1n) is 8.45. The monoisotopic (exact) mass is 356 g/mol. The van der Waals surface area contributed by atoms with E-state index in [-0.39, 0.29) is 5.02 Å². The molecule has 0 aliphatic carbocycles. The van der Waals surface area contributed by atoms with Crippen LogP contribution in [-0.4, -0.2) is 56.8 Å². The van der Waals surface area contributed by atoms with Crippen molar-refractivity contribution in [2.24, 2.45) is 4.99 Å². The minimum absolute atomic E-state index is 0.131. The Morgan fingerprint density at radius 3 is 2.83 bits per heavy atom. The highest BCUT2D eigenvalue weighted by Gasteiger charge is 2.09. The Morgan fingerprint density at radius 2 is 2.12 bits per heavy atom. The lowest BCUT2D eigenvalue weighted by atomic mass is 10.2. The number of hydrogen-bond donors (Lipinski definition) is 2. The first kappa shape index (κ1) is 19.0. The quantitative estimate of drug-likeness (QED) is 0.447. The van der Waals surface area contributed by atoms with Gasteiger partial charge in [-0.2, -0.15) is 0 Å². The number of nitrogens with one attached hydrogen (secondary N) is 2. The van der Waals surface area contributed by atoms with Gasteiger partial charge in [-0.15, -0.1) is 0 Å². The Balaban J connectivity index is 1.76. The van der Waals surface area contributed by atoms with Crippen LogP contribution in [0.4, 0.5) is 4.39 Å². The highest BCUT2D eigenvalue weighted by atomic mass is 35.5. The van der Waals surface area contributed by atoms with Crippen molar-refractivity contribution in [1.82, 2.24) is 15.5 Å². The summed E-state index contributed by atoms with van der Waals surface area (Å²) in [4.78, 5) is 6.93. The summed E-state index contributed by atoms with van der Waals surface area (Å²) in [6, 6.07) is 4.69. The zero-order chi connectivity index (χ0) is 17.2. The summed E-state index contributed by atoms with van der Waals surface area (Å²) in [7, 11) is 0. The highest BCUT2D eigenvalue weighted by Crippen LogP contribution is 2.16. The highest BCUT2D eigenvalue weighted by molar-refractivity contribution is 6.30. The molecule has 1 saturated heterocycles. The van der Waals surface area contributed by atoms with Gasteiger partial charge in [-0.1, -0.05) is 17.7 Å². The Morgan fingerprint density at radius 1 is 1.33 bits per heavy atom. The number of nitrogens with zero attached hydrogens (tertiary/aromatic N) is 2. The summed E-state index contributed by atoms with van der Waals surface area (Å²) in [5, 5.41) is 6.68.